The number of imidazole rings is 1. The van der Waals surface area contributed by atoms with Crippen LogP contribution in [-0.2, 0) is 6.54 Å². The summed E-state index contributed by atoms with van der Waals surface area (Å²) in [5.41, 5.74) is 10.8. The molecule has 9 nitrogen and oxygen atoms in total. The van der Waals surface area contributed by atoms with Gasteiger partial charge in [0.15, 0.2) is 0 Å². The third-order valence-electron chi connectivity index (χ3n) is 6.54. The zero-order valence-electron chi connectivity index (χ0n) is 21.8. The molecular formula is C28H29F3N8O. The molecule has 12 heteroatoms. The van der Waals surface area contributed by atoms with E-state index in [1.165, 1.54) is 17.4 Å². The number of nitrogens with one attached hydrogen (secondary N) is 1. The number of aliphatic imine (C=N–C) groups is 1. The Balaban J connectivity index is 1.19. The van der Waals surface area contributed by atoms with Gasteiger partial charge >= 0.3 is 6.18 Å². The van der Waals surface area contributed by atoms with E-state index in [4.69, 9.17) is 10.5 Å². The van der Waals surface area contributed by atoms with E-state index in [1.807, 2.05) is 47.0 Å². The van der Waals surface area contributed by atoms with E-state index < -0.39 is 12.7 Å². The van der Waals surface area contributed by atoms with E-state index in [-0.39, 0.29) is 5.92 Å². The normalized spacial score (nSPS) is 15.1. The van der Waals surface area contributed by atoms with Crippen LogP contribution in [-0.4, -0.2) is 69.9 Å². The summed E-state index contributed by atoms with van der Waals surface area (Å²) in [6, 6.07) is 13.5. The first-order valence-electron chi connectivity index (χ1n) is 12.7. The summed E-state index contributed by atoms with van der Waals surface area (Å²) < 4.78 is 45.1. The topological polar surface area (TPSA) is 106 Å². The number of benzene rings is 1. The second-order valence-corrected chi connectivity index (χ2v) is 9.57. The van der Waals surface area contributed by atoms with E-state index in [0.29, 0.717) is 49.1 Å². The van der Waals surface area contributed by atoms with Crippen molar-refractivity contribution in [1.82, 2.24) is 24.3 Å². The largest absolute Gasteiger partial charge is 0.493 e. The highest BCUT2D eigenvalue weighted by Crippen LogP contribution is 2.26. The maximum Gasteiger partial charge on any atom is 0.401 e. The van der Waals surface area contributed by atoms with Crippen molar-refractivity contribution >= 4 is 23.3 Å². The van der Waals surface area contributed by atoms with Gasteiger partial charge < -0.3 is 15.8 Å². The average molecular weight is 551 g/mol. The molecule has 4 heterocycles. The molecule has 1 aliphatic rings. The fourth-order valence-electron chi connectivity index (χ4n) is 4.57. The Hall–Kier alpha value is -4.45. The Morgan fingerprint density at radius 2 is 1.95 bits per heavy atom. The monoisotopic (exact) mass is 550 g/mol. The molecule has 0 bridgehead atoms. The molecule has 4 aromatic rings. The number of fused-ring (bicyclic) bond motifs is 1. The van der Waals surface area contributed by atoms with E-state index in [9.17, 15) is 13.2 Å². The molecule has 0 aliphatic carbocycles. The molecule has 0 amide bonds. The van der Waals surface area contributed by atoms with Gasteiger partial charge in [-0.1, -0.05) is 24.3 Å². The third-order valence-corrected chi connectivity index (χ3v) is 6.54. The molecule has 1 saturated heterocycles. The number of nitrogens with two attached hydrogens (primary N) is 1. The number of hydrogen-bond acceptors (Lipinski definition) is 8. The van der Waals surface area contributed by atoms with Crippen LogP contribution in [0.1, 0.15) is 11.1 Å². The number of ether oxygens (including phenoxy) is 1. The number of allylic oxidation sites excluding steroid dienone is 1. The number of hydrogen-bond donors (Lipinski definition) is 2. The van der Waals surface area contributed by atoms with Crippen molar-refractivity contribution in [2.45, 2.75) is 12.7 Å². The van der Waals surface area contributed by atoms with Gasteiger partial charge in [0, 0.05) is 68.9 Å². The molecule has 0 atom stereocenters. The lowest BCUT2D eigenvalue weighted by Gasteiger charge is -2.39. The third kappa shape index (κ3) is 6.57. The number of anilines is 1. The first-order valence-corrected chi connectivity index (χ1v) is 12.7. The second-order valence-electron chi connectivity index (χ2n) is 9.57. The van der Waals surface area contributed by atoms with Gasteiger partial charge in [-0.15, -0.1) is 0 Å². The Bertz CT molecular complexity index is 1510. The van der Waals surface area contributed by atoms with Crippen LogP contribution in [0.25, 0.3) is 22.6 Å². The molecule has 208 valence electrons. The Morgan fingerprint density at radius 3 is 2.67 bits per heavy atom. The molecule has 40 heavy (non-hydrogen) atoms. The zero-order chi connectivity index (χ0) is 28.1. The molecule has 3 aromatic heterocycles. The van der Waals surface area contributed by atoms with E-state index in [2.05, 4.69) is 25.3 Å². The van der Waals surface area contributed by atoms with Crippen molar-refractivity contribution in [3.8, 4) is 17.1 Å². The Labute approximate surface area is 229 Å². The molecule has 1 aliphatic heterocycles. The van der Waals surface area contributed by atoms with Crippen LogP contribution < -0.4 is 15.8 Å². The fourth-order valence-corrected chi connectivity index (χ4v) is 4.57. The van der Waals surface area contributed by atoms with E-state index in [1.54, 1.807) is 25.5 Å². The minimum absolute atomic E-state index is 0.0783. The maximum atomic E-state index is 12.5. The first-order chi connectivity index (χ1) is 19.3. The highest BCUT2D eigenvalue weighted by Gasteiger charge is 2.37. The Morgan fingerprint density at radius 1 is 1.15 bits per heavy atom. The number of likely N-dealkylation sites (tertiary alicyclic amines) is 1. The van der Waals surface area contributed by atoms with Crippen molar-refractivity contribution < 1.29 is 17.9 Å². The lowest BCUT2D eigenvalue weighted by Crippen LogP contribution is -2.52. The van der Waals surface area contributed by atoms with E-state index in [0.717, 1.165) is 22.4 Å². The van der Waals surface area contributed by atoms with Crippen LogP contribution >= 0.6 is 0 Å². The lowest BCUT2D eigenvalue weighted by atomic mass is 10.0. The summed E-state index contributed by atoms with van der Waals surface area (Å²) in [6.07, 6.45) is 4.15. The number of rotatable bonds is 10. The summed E-state index contributed by atoms with van der Waals surface area (Å²) in [7, 11) is 1.70. The smallest absolute Gasteiger partial charge is 0.401 e. The molecule has 5 rings (SSSR count). The van der Waals surface area contributed by atoms with Gasteiger partial charge in [0.2, 0.25) is 0 Å². The fraction of sp³-hybridized carbons (Fsp3) is 0.286. The number of halogens is 3. The number of pyridine rings is 1. The van der Waals surface area contributed by atoms with Gasteiger partial charge in [0.1, 0.15) is 23.5 Å². The molecule has 1 aromatic carbocycles. The molecule has 0 radical (unpaired) electrons. The van der Waals surface area contributed by atoms with Gasteiger partial charge in [-0.05, 0) is 17.2 Å². The minimum atomic E-state index is -4.17. The van der Waals surface area contributed by atoms with Gasteiger partial charge in [0.05, 0.1) is 30.7 Å². The van der Waals surface area contributed by atoms with Gasteiger partial charge in [-0.3, -0.25) is 14.3 Å². The van der Waals surface area contributed by atoms with Crippen LogP contribution in [0.15, 0.2) is 72.4 Å². The quantitative estimate of drug-likeness (QED) is 0.284. The van der Waals surface area contributed by atoms with E-state index >= 15 is 0 Å². The molecular weight excluding hydrogens is 521 g/mol. The lowest BCUT2D eigenvalue weighted by molar-refractivity contribution is -0.159. The summed E-state index contributed by atoms with van der Waals surface area (Å²) in [5, 5.41) is 3.33. The van der Waals surface area contributed by atoms with Gasteiger partial charge in [-0.25, -0.2) is 15.0 Å². The molecule has 1 fully saturated rings. The van der Waals surface area contributed by atoms with Crippen LogP contribution in [0.5, 0.6) is 5.75 Å². The summed E-state index contributed by atoms with van der Waals surface area (Å²) >= 11 is 0. The second kappa shape index (κ2) is 11.7. The molecule has 3 N–H and O–H groups in total. The summed E-state index contributed by atoms with van der Waals surface area (Å²) in [5.74, 6) is 1.37. The average Bonchev–Trinajstić information content (AvgIpc) is 3.35. The van der Waals surface area contributed by atoms with Gasteiger partial charge in [0.25, 0.3) is 0 Å². The number of alkyl halides is 3. The molecule has 0 spiro atoms. The summed E-state index contributed by atoms with van der Waals surface area (Å²) in [4.78, 5) is 18.6. The van der Waals surface area contributed by atoms with Crippen molar-refractivity contribution in [3.05, 3.63) is 78.5 Å². The van der Waals surface area contributed by atoms with Crippen molar-refractivity contribution in [1.29, 1.82) is 0 Å². The number of aromatic nitrogens is 4. The minimum Gasteiger partial charge on any atom is -0.493 e. The van der Waals surface area contributed by atoms with Crippen LogP contribution in [0, 0.1) is 5.92 Å². The zero-order valence-corrected chi connectivity index (χ0v) is 21.8. The van der Waals surface area contributed by atoms with Crippen molar-refractivity contribution in [2.75, 3.05) is 38.6 Å². The van der Waals surface area contributed by atoms with Crippen molar-refractivity contribution in [2.24, 2.45) is 16.6 Å². The molecule has 0 unspecified atom stereocenters. The predicted octanol–water partition coefficient (Wildman–Crippen LogP) is 4.28. The SMILES string of the molecule is CN=C/C(=C\N)c1ccc(CNc2cc(-c3cnc4cc(OCC5CN(CC(F)(F)F)C5)ccn34)ncn2)cc1. The Kier molecular flexibility index (Phi) is 7.96. The van der Waals surface area contributed by atoms with Crippen LogP contribution in [0.3, 0.4) is 0 Å². The number of nitrogens with zero attached hydrogens (tertiary/aromatic N) is 6. The van der Waals surface area contributed by atoms with Gasteiger partial charge in [-0.2, -0.15) is 13.2 Å². The molecule has 0 saturated carbocycles. The highest BCUT2D eigenvalue weighted by molar-refractivity contribution is 6.09. The first kappa shape index (κ1) is 27.1. The van der Waals surface area contributed by atoms with Crippen LogP contribution in [0.2, 0.25) is 0 Å². The van der Waals surface area contributed by atoms with Crippen LogP contribution in [0.4, 0.5) is 19.0 Å². The standard InChI is InChI=1S/C28H29F3N8O/c1-33-12-22(10-32)21-4-2-19(3-5-21)11-34-26-9-24(36-18-37-26)25-13-35-27-8-23(6-7-39(25)27)40-16-20-14-38(15-20)17-28(29,30)31/h2-10,12-13,18,20H,11,14-17,32H2,1H3,(H,34,36,37)/b22-10+,33-12?. The highest BCUT2D eigenvalue weighted by atomic mass is 19.4. The predicted molar refractivity (Wildman–Crippen MR) is 148 cm³/mol. The van der Waals surface area contributed by atoms with Crippen molar-refractivity contribution in [3.63, 3.8) is 0 Å². The maximum absolute atomic E-state index is 12.5. The summed E-state index contributed by atoms with van der Waals surface area (Å²) in [6.45, 7) is 0.822.